The Morgan fingerprint density at radius 1 is 1.15 bits per heavy atom. The van der Waals surface area contributed by atoms with Gasteiger partial charge < -0.3 is 15.4 Å². The molecule has 8 heteroatoms. The van der Waals surface area contributed by atoms with Crippen LogP contribution in [0.25, 0.3) is 5.70 Å². The molecule has 0 aromatic heterocycles. The number of rotatable bonds is 4. The van der Waals surface area contributed by atoms with Gasteiger partial charge in [0.2, 0.25) is 0 Å². The number of nitrogens with one attached hydrogen (secondary N) is 2. The van der Waals surface area contributed by atoms with Crippen LogP contribution in [0.4, 0.5) is 4.39 Å². The highest BCUT2D eigenvalue weighted by atomic mass is 35.5. The predicted octanol–water partition coefficient (Wildman–Crippen LogP) is 3.15. The Kier molecular flexibility index (Phi) is 5.53. The Labute approximate surface area is 165 Å². The van der Waals surface area contributed by atoms with Gasteiger partial charge in [0, 0.05) is 10.6 Å². The number of carbonyl (C=O) groups excluding carboxylic acids is 2. The van der Waals surface area contributed by atoms with Crippen molar-refractivity contribution in [1.29, 1.82) is 0 Å². The summed E-state index contributed by atoms with van der Waals surface area (Å²) in [7, 11) is 1.10. The summed E-state index contributed by atoms with van der Waals surface area (Å²) in [5.74, 6) is -2.58. The number of ether oxygens (including phenoxy) is 1. The van der Waals surface area contributed by atoms with Crippen LogP contribution in [0.2, 0.25) is 5.02 Å². The van der Waals surface area contributed by atoms with E-state index in [4.69, 9.17) is 23.8 Å². The molecule has 1 aliphatic heterocycles. The van der Waals surface area contributed by atoms with Gasteiger partial charge in [0.1, 0.15) is 5.82 Å². The third kappa shape index (κ3) is 3.70. The number of esters is 1. The first kappa shape index (κ1) is 19.0. The van der Waals surface area contributed by atoms with E-state index in [0.717, 1.165) is 7.11 Å². The van der Waals surface area contributed by atoms with Gasteiger partial charge in [-0.3, -0.25) is 4.79 Å². The lowest BCUT2D eigenvalue weighted by Crippen LogP contribution is -2.46. The highest BCUT2D eigenvalue weighted by Gasteiger charge is 2.37. The summed E-state index contributed by atoms with van der Waals surface area (Å²) in [5, 5.41) is 6.25. The second-order valence-corrected chi connectivity index (χ2v) is 6.46. The summed E-state index contributed by atoms with van der Waals surface area (Å²) in [4.78, 5) is 24.8. The van der Waals surface area contributed by atoms with Crippen LogP contribution in [0.15, 0.2) is 54.1 Å². The minimum absolute atomic E-state index is 0.0337. The maximum atomic E-state index is 14.4. The summed E-state index contributed by atoms with van der Waals surface area (Å²) in [6.45, 7) is 0. The van der Waals surface area contributed by atoms with Crippen molar-refractivity contribution in [2.75, 3.05) is 7.11 Å². The zero-order valence-electron chi connectivity index (χ0n) is 14.1. The van der Waals surface area contributed by atoms with Gasteiger partial charge in [-0.25, -0.2) is 9.18 Å². The lowest BCUT2D eigenvalue weighted by molar-refractivity contribution is -0.150. The predicted molar refractivity (Wildman–Crippen MR) is 103 cm³/mol. The summed E-state index contributed by atoms with van der Waals surface area (Å²) in [5.41, 5.74) is 0.681. The van der Waals surface area contributed by atoms with Crippen LogP contribution in [0.1, 0.15) is 17.2 Å². The molecule has 27 heavy (non-hydrogen) atoms. The molecule has 0 unspecified atom stereocenters. The first-order valence-corrected chi connectivity index (χ1v) is 8.66. The molecule has 0 radical (unpaired) electrons. The highest BCUT2D eigenvalue weighted by molar-refractivity contribution is 7.80. The molecule has 0 aliphatic carbocycles. The van der Waals surface area contributed by atoms with Crippen molar-refractivity contribution in [3.63, 3.8) is 0 Å². The minimum Gasteiger partial charge on any atom is -0.463 e. The fraction of sp³-hybridized carbons (Fsp3) is 0.105. The summed E-state index contributed by atoms with van der Waals surface area (Å²) in [6, 6.07) is 11.8. The summed E-state index contributed by atoms with van der Waals surface area (Å²) >= 11 is 11.5. The van der Waals surface area contributed by atoms with E-state index >= 15 is 0 Å². The van der Waals surface area contributed by atoms with Gasteiger partial charge in [-0.2, -0.15) is 0 Å². The quantitative estimate of drug-likeness (QED) is 0.463. The number of carbonyl (C=O) groups is 2. The lowest BCUT2D eigenvalue weighted by atomic mass is 9.90. The molecule has 0 fully saturated rings. The minimum atomic E-state index is -1.08. The molecule has 0 saturated heterocycles. The fourth-order valence-corrected chi connectivity index (χ4v) is 3.30. The summed E-state index contributed by atoms with van der Waals surface area (Å²) < 4.78 is 19.0. The van der Waals surface area contributed by atoms with Gasteiger partial charge >= 0.3 is 5.97 Å². The maximum absolute atomic E-state index is 14.4. The largest absolute Gasteiger partial charge is 0.463 e. The van der Waals surface area contributed by atoms with E-state index in [9.17, 15) is 14.0 Å². The molecule has 1 atom stereocenters. The molecular formula is C19H14ClFN2O3S. The molecule has 0 bridgehead atoms. The van der Waals surface area contributed by atoms with Crippen molar-refractivity contribution in [2.24, 2.45) is 0 Å². The van der Waals surface area contributed by atoms with Crippen LogP contribution in [0.3, 0.4) is 0 Å². The van der Waals surface area contributed by atoms with E-state index in [0.29, 0.717) is 10.6 Å². The molecule has 138 valence electrons. The normalized spacial score (nSPS) is 16.4. The van der Waals surface area contributed by atoms with Crippen molar-refractivity contribution in [3.05, 3.63) is 76.1 Å². The molecule has 0 spiro atoms. The molecule has 0 saturated carbocycles. The number of hydrogen-bond donors (Lipinski definition) is 2. The van der Waals surface area contributed by atoms with Crippen molar-refractivity contribution < 1.29 is 18.7 Å². The van der Waals surface area contributed by atoms with Crippen molar-refractivity contribution in [1.82, 2.24) is 10.6 Å². The van der Waals surface area contributed by atoms with Gasteiger partial charge in [-0.15, -0.1) is 0 Å². The third-order valence-electron chi connectivity index (χ3n) is 4.05. The molecule has 2 aromatic rings. The highest BCUT2D eigenvalue weighted by Crippen LogP contribution is 2.35. The first-order valence-electron chi connectivity index (χ1n) is 7.87. The van der Waals surface area contributed by atoms with Crippen LogP contribution in [0.5, 0.6) is 0 Å². The van der Waals surface area contributed by atoms with Crippen LogP contribution in [0, 0.1) is 5.82 Å². The second-order valence-electron chi connectivity index (χ2n) is 5.64. The van der Waals surface area contributed by atoms with Gasteiger partial charge in [-0.05, 0) is 36.0 Å². The Bertz CT molecular complexity index is 977. The molecule has 1 aliphatic rings. The number of ketones is 1. The average molecular weight is 405 g/mol. The number of Topliss-reactive ketones (excluding diaryl/α,β-unsaturated/α-hetero) is 1. The maximum Gasteiger partial charge on any atom is 0.379 e. The molecule has 1 heterocycles. The standard InChI is InChI=1S/C19H14ClFN2O3S/c1-26-18(25)17(24)14-15(10-6-2-4-8-12(10)20)22-19(27)23-16(14)11-7-3-5-9-13(11)21/h2-9,15H,1H3,(H2,22,23,27)/t15-/m1/s1. The van der Waals surface area contributed by atoms with Crippen molar-refractivity contribution in [3.8, 4) is 0 Å². The van der Waals surface area contributed by atoms with Crippen LogP contribution in [-0.4, -0.2) is 24.0 Å². The third-order valence-corrected chi connectivity index (χ3v) is 4.61. The van der Waals surface area contributed by atoms with Gasteiger partial charge in [0.25, 0.3) is 5.78 Å². The van der Waals surface area contributed by atoms with E-state index in [2.05, 4.69) is 15.4 Å². The Hall–Kier alpha value is -2.77. The molecule has 2 aromatic carbocycles. The Morgan fingerprint density at radius 2 is 1.81 bits per heavy atom. The van der Waals surface area contributed by atoms with E-state index in [-0.39, 0.29) is 21.9 Å². The zero-order chi connectivity index (χ0) is 19.6. The van der Waals surface area contributed by atoms with E-state index in [1.807, 2.05) is 0 Å². The number of methoxy groups -OCH3 is 1. The van der Waals surface area contributed by atoms with Crippen LogP contribution in [-0.2, 0) is 14.3 Å². The van der Waals surface area contributed by atoms with Crippen molar-refractivity contribution >= 4 is 46.4 Å². The van der Waals surface area contributed by atoms with Crippen LogP contribution >= 0.6 is 23.8 Å². The van der Waals surface area contributed by atoms with Crippen LogP contribution < -0.4 is 10.6 Å². The monoisotopic (exact) mass is 404 g/mol. The average Bonchev–Trinajstić information content (AvgIpc) is 2.67. The van der Waals surface area contributed by atoms with Gasteiger partial charge in [0.05, 0.1) is 24.4 Å². The number of hydrogen-bond acceptors (Lipinski definition) is 4. The SMILES string of the molecule is COC(=O)C(=O)C1=C(c2ccccc2F)NC(=S)N[C@@H]1c1ccccc1Cl. The first-order chi connectivity index (χ1) is 12.9. The smallest absolute Gasteiger partial charge is 0.379 e. The Balaban J connectivity index is 2.29. The topological polar surface area (TPSA) is 67.4 Å². The molecule has 5 nitrogen and oxygen atoms in total. The van der Waals surface area contributed by atoms with Crippen molar-refractivity contribution in [2.45, 2.75) is 6.04 Å². The number of benzene rings is 2. The molecular weight excluding hydrogens is 391 g/mol. The zero-order valence-corrected chi connectivity index (χ0v) is 15.7. The molecule has 2 N–H and O–H groups in total. The van der Waals surface area contributed by atoms with Gasteiger partial charge in [-0.1, -0.05) is 41.9 Å². The Morgan fingerprint density at radius 3 is 2.48 bits per heavy atom. The number of halogens is 2. The van der Waals surface area contributed by atoms with E-state index in [1.165, 1.54) is 18.2 Å². The molecule has 0 amide bonds. The summed E-state index contributed by atoms with van der Waals surface area (Å²) in [6.07, 6.45) is 0. The molecule has 3 rings (SSSR count). The van der Waals surface area contributed by atoms with Gasteiger partial charge in [0.15, 0.2) is 5.11 Å². The number of thiocarbonyl (C=S) groups is 1. The van der Waals surface area contributed by atoms with E-state index in [1.54, 1.807) is 30.3 Å². The lowest BCUT2D eigenvalue weighted by Gasteiger charge is -2.31. The second kappa shape index (κ2) is 7.85. The van der Waals surface area contributed by atoms with E-state index < -0.39 is 23.6 Å². The fourth-order valence-electron chi connectivity index (χ4n) is 2.83.